The number of aryl methyl sites for hydroxylation is 1. The summed E-state index contributed by atoms with van der Waals surface area (Å²) < 4.78 is 5.35. The van der Waals surface area contributed by atoms with Crippen LogP contribution in [0.1, 0.15) is 24.0 Å². The first-order valence-electron chi connectivity index (χ1n) is 6.89. The number of nitrogens with one attached hydrogen (secondary N) is 1. The molecule has 0 radical (unpaired) electrons. The molecule has 106 valence electrons. The maximum Gasteiger partial charge on any atom is 0.229 e. The third-order valence-corrected chi connectivity index (χ3v) is 3.29. The Hall–Kier alpha value is -1.83. The van der Waals surface area contributed by atoms with E-state index in [0.29, 0.717) is 13.2 Å². The maximum atomic E-state index is 12.2. The molecule has 4 heteroatoms. The molecule has 20 heavy (non-hydrogen) atoms. The second kappa shape index (κ2) is 7.09. The number of rotatable bonds is 2. The van der Waals surface area contributed by atoms with Gasteiger partial charge in [-0.25, -0.2) is 0 Å². The lowest BCUT2D eigenvalue weighted by Crippen LogP contribution is -2.30. The predicted molar refractivity (Wildman–Crippen MR) is 79.3 cm³/mol. The van der Waals surface area contributed by atoms with Gasteiger partial charge in [-0.1, -0.05) is 17.9 Å². The highest BCUT2D eigenvalue weighted by atomic mass is 16.5. The Bertz CT molecular complexity index is 537. The number of hydrogen-bond acceptors (Lipinski definition) is 3. The minimum Gasteiger partial charge on any atom is -0.381 e. The van der Waals surface area contributed by atoms with E-state index in [1.807, 2.05) is 25.1 Å². The molecule has 0 spiro atoms. The molecule has 1 unspecified atom stereocenters. The van der Waals surface area contributed by atoms with Crippen molar-refractivity contribution in [2.24, 2.45) is 11.7 Å². The quantitative estimate of drug-likeness (QED) is 0.805. The van der Waals surface area contributed by atoms with Gasteiger partial charge in [0.1, 0.15) is 0 Å². The number of carbonyl (C=O) groups is 1. The zero-order valence-electron chi connectivity index (χ0n) is 11.7. The largest absolute Gasteiger partial charge is 0.381 e. The Morgan fingerprint density at radius 2 is 2.40 bits per heavy atom. The van der Waals surface area contributed by atoms with E-state index in [4.69, 9.17) is 10.5 Å². The fourth-order valence-corrected chi connectivity index (χ4v) is 2.20. The molecule has 2 rings (SSSR count). The Morgan fingerprint density at radius 1 is 1.55 bits per heavy atom. The molecular formula is C16H20N2O2. The summed E-state index contributed by atoms with van der Waals surface area (Å²) in [6.07, 6.45) is 1.81. The summed E-state index contributed by atoms with van der Waals surface area (Å²) in [5, 5.41) is 2.95. The predicted octanol–water partition coefficient (Wildman–Crippen LogP) is 1.67. The van der Waals surface area contributed by atoms with Gasteiger partial charge in [0, 0.05) is 12.2 Å². The van der Waals surface area contributed by atoms with Crippen LogP contribution in [-0.4, -0.2) is 25.7 Å². The number of amides is 1. The Balaban J connectivity index is 2.13. The molecule has 0 aliphatic carbocycles. The van der Waals surface area contributed by atoms with Gasteiger partial charge in [0.2, 0.25) is 5.91 Å². The van der Waals surface area contributed by atoms with Crippen LogP contribution in [0.3, 0.4) is 0 Å². The molecule has 0 saturated carbocycles. The van der Waals surface area contributed by atoms with Crippen LogP contribution in [0.2, 0.25) is 0 Å². The van der Waals surface area contributed by atoms with Gasteiger partial charge < -0.3 is 15.8 Å². The molecule has 1 aliphatic heterocycles. The summed E-state index contributed by atoms with van der Waals surface area (Å²) in [5.41, 5.74) is 8.06. The van der Waals surface area contributed by atoms with Crippen molar-refractivity contribution in [3.05, 3.63) is 29.3 Å². The summed E-state index contributed by atoms with van der Waals surface area (Å²) in [6.45, 7) is 3.55. The Kier molecular flexibility index (Phi) is 5.16. The first-order chi connectivity index (χ1) is 9.70. The lowest BCUT2D eigenvalue weighted by atomic mass is 10.0. The zero-order chi connectivity index (χ0) is 14.4. The van der Waals surface area contributed by atoms with Gasteiger partial charge in [-0.2, -0.15) is 0 Å². The molecule has 3 N–H and O–H groups in total. The minimum absolute atomic E-state index is 0.00403. The average Bonchev–Trinajstić information content (AvgIpc) is 2.48. The van der Waals surface area contributed by atoms with E-state index in [1.54, 1.807) is 0 Å². The fraction of sp³-hybridized carbons (Fsp3) is 0.438. The first kappa shape index (κ1) is 14.6. The number of benzene rings is 1. The second-order valence-electron chi connectivity index (χ2n) is 4.96. The molecule has 1 atom stereocenters. The first-order valence-corrected chi connectivity index (χ1v) is 6.89. The van der Waals surface area contributed by atoms with Gasteiger partial charge in [-0.05, 0) is 37.5 Å². The third kappa shape index (κ3) is 3.83. The van der Waals surface area contributed by atoms with Gasteiger partial charge in [-0.3, -0.25) is 4.79 Å². The summed E-state index contributed by atoms with van der Waals surface area (Å²) in [7, 11) is 0. The van der Waals surface area contributed by atoms with Gasteiger partial charge in [0.05, 0.1) is 24.8 Å². The molecule has 1 aromatic carbocycles. The van der Waals surface area contributed by atoms with E-state index in [-0.39, 0.29) is 11.8 Å². The van der Waals surface area contributed by atoms with Crippen molar-refractivity contribution in [3.8, 4) is 11.8 Å². The molecular weight excluding hydrogens is 252 g/mol. The van der Waals surface area contributed by atoms with Crippen LogP contribution in [0, 0.1) is 24.7 Å². The van der Waals surface area contributed by atoms with Crippen LogP contribution in [-0.2, 0) is 9.53 Å². The van der Waals surface area contributed by atoms with E-state index < -0.39 is 0 Å². The highest BCUT2D eigenvalue weighted by Crippen LogP contribution is 2.20. The zero-order valence-corrected chi connectivity index (χ0v) is 11.7. The summed E-state index contributed by atoms with van der Waals surface area (Å²) in [5.74, 6) is 5.76. The Morgan fingerprint density at radius 3 is 3.10 bits per heavy atom. The monoisotopic (exact) mass is 272 g/mol. The number of hydrogen-bond donors (Lipinski definition) is 2. The van der Waals surface area contributed by atoms with E-state index in [0.717, 1.165) is 36.3 Å². The number of nitrogens with two attached hydrogens (primary N) is 1. The minimum atomic E-state index is -0.0691. The number of ether oxygens (including phenoxy) is 1. The number of carbonyl (C=O) groups excluding carboxylic acids is 1. The summed E-state index contributed by atoms with van der Waals surface area (Å²) >= 11 is 0. The molecule has 1 amide bonds. The number of anilines is 1. The summed E-state index contributed by atoms with van der Waals surface area (Å²) in [6, 6.07) is 5.80. The molecule has 1 heterocycles. The van der Waals surface area contributed by atoms with Crippen LogP contribution in [0.4, 0.5) is 5.69 Å². The van der Waals surface area contributed by atoms with Crippen molar-refractivity contribution in [2.75, 3.05) is 25.1 Å². The van der Waals surface area contributed by atoms with Gasteiger partial charge >= 0.3 is 0 Å². The summed E-state index contributed by atoms with van der Waals surface area (Å²) in [4.78, 5) is 12.2. The van der Waals surface area contributed by atoms with E-state index in [9.17, 15) is 4.79 Å². The molecule has 1 aliphatic rings. The van der Waals surface area contributed by atoms with Crippen molar-refractivity contribution in [3.63, 3.8) is 0 Å². The van der Waals surface area contributed by atoms with Crippen molar-refractivity contribution in [1.82, 2.24) is 0 Å². The van der Waals surface area contributed by atoms with E-state index in [2.05, 4.69) is 17.2 Å². The van der Waals surface area contributed by atoms with Crippen molar-refractivity contribution in [2.45, 2.75) is 19.8 Å². The van der Waals surface area contributed by atoms with Crippen molar-refractivity contribution < 1.29 is 9.53 Å². The SMILES string of the molecule is Cc1ccc(NC(=O)C2CCCOC2)c(C#CCN)c1. The van der Waals surface area contributed by atoms with Crippen LogP contribution >= 0.6 is 0 Å². The van der Waals surface area contributed by atoms with Gasteiger partial charge in [0.15, 0.2) is 0 Å². The van der Waals surface area contributed by atoms with Gasteiger partial charge in [-0.15, -0.1) is 0 Å². The van der Waals surface area contributed by atoms with E-state index in [1.165, 1.54) is 0 Å². The smallest absolute Gasteiger partial charge is 0.229 e. The third-order valence-electron chi connectivity index (χ3n) is 3.29. The highest BCUT2D eigenvalue weighted by molar-refractivity contribution is 5.94. The highest BCUT2D eigenvalue weighted by Gasteiger charge is 2.22. The van der Waals surface area contributed by atoms with Crippen LogP contribution in [0.5, 0.6) is 0 Å². The Labute approximate surface area is 119 Å². The maximum absolute atomic E-state index is 12.2. The second-order valence-corrected chi connectivity index (χ2v) is 4.96. The van der Waals surface area contributed by atoms with Crippen LogP contribution in [0.25, 0.3) is 0 Å². The van der Waals surface area contributed by atoms with Crippen molar-refractivity contribution >= 4 is 11.6 Å². The molecule has 0 aromatic heterocycles. The standard InChI is InChI=1S/C16H20N2O2/c1-12-6-7-15(13(10-12)4-2-8-17)18-16(19)14-5-3-9-20-11-14/h6-7,10,14H,3,5,8-9,11,17H2,1H3,(H,18,19). The van der Waals surface area contributed by atoms with Crippen LogP contribution < -0.4 is 11.1 Å². The molecule has 1 fully saturated rings. The topological polar surface area (TPSA) is 64.3 Å². The lowest BCUT2D eigenvalue weighted by Gasteiger charge is -2.21. The molecule has 4 nitrogen and oxygen atoms in total. The molecule has 1 saturated heterocycles. The normalized spacial score (nSPS) is 18.0. The average molecular weight is 272 g/mol. The van der Waals surface area contributed by atoms with Crippen molar-refractivity contribution in [1.29, 1.82) is 0 Å². The van der Waals surface area contributed by atoms with Crippen LogP contribution in [0.15, 0.2) is 18.2 Å². The molecule has 0 bridgehead atoms. The lowest BCUT2D eigenvalue weighted by molar-refractivity contribution is -0.123. The fourth-order valence-electron chi connectivity index (χ4n) is 2.20. The van der Waals surface area contributed by atoms with Gasteiger partial charge in [0.25, 0.3) is 0 Å². The molecule has 1 aromatic rings. The van der Waals surface area contributed by atoms with E-state index >= 15 is 0 Å².